The van der Waals surface area contributed by atoms with Crippen LogP contribution in [0.5, 0.6) is 5.75 Å². The van der Waals surface area contributed by atoms with E-state index in [0.29, 0.717) is 19.5 Å². The maximum atomic E-state index is 12.5. The van der Waals surface area contributed by atoms with Crippen LogP contribution in [0, 0.1) is 0 Å². The summed E-state index contributed by atoms with van der Waals surface area (Å²) in [6, 6.07) is 10.8. The maximum absolute atomic E-state index is 12.5. The lowest BCUT2D eigenvalue weighted by Gasteiger charge is -2.18. The quantitative estimate of drug-likeness (QED) is 0.588. The molecule has 0 fully saturated rings. The van der Waals surface area contributed by atoms with Gasteiger partial charge in [-0.05, 0) is 42.3 Å². The van der Waals surface area contributed by atoms with E-state index in [0.717, 1.165) is 5.56 Å². The van der Waals surface area contributed by atoms with Crippen LogP contribution in [-0.4, -0.2) is 47.9 Å². The number of nitrogens with one attached hydrogen (secondary N) is 1. The van der Waals surface area contributed by atoms with Crippen LogP contribution in [0.3, 0.4) is 0 Å². The number of nitrogens with zero attached hydrogens (tertiary/aromatic N) is 1. The Labute approximate surface area is 177 Å². The summed E-state index contributed by atoms with van der Waals surface area (Å²) in [4.78, 5) is 0.183. The Morgan fingerprint density at radius 3 is 2.17 bits per heavy atom. The molecule has 29 heavy (non-hydrogen) atoms. The molecule has 0 bridgehead atoms. The van der Waals surface area contributed by atoms with Crippen LogP contribution in [0.1, 0.15) is 19.4 Å². The van der Waals surface area contributed by atoms with Gasteiger partial charge in [0.1, 0.15) is 10.6 Å². The molecule has 2 rings (SSSR count). The largest absolute Gasteiger partial charge is 0.495 e. The van der Waals surface area contributed by atoms with E-state index in [9.17, 15) is 16.8 Å². The summed E-state index contributed by atoms with van der Waals surface area (Å²) in [6.45, 7) is 4.51. The highest BCUT2D eigenvalue weighted by Gasteiger charge is 2.22. The molecule has 0 spiro atoms. The SMILES string of the molecule is CCN(CC)S(=O)(=O)c1ccc(CCNS(=O)(=O)c2cc(Cl)ccc2OC)cc1. The van der Waals surface area contributed by atoms with Crippen molar-refractivity contribution in [2.75, 3.05) is 26.7 Å². The smallest absolute Gasteiger partial charge is 0.244 e. The van der Waals surface area contributed by atoms with Crippen molar-refractivity contribution in [1.82, 2.24) is 9.03 Å². The summed E-state index contributed by atoms with van der Waals surface area (Å²) in [5.74, 6) is 0.202. The first-order chi connectivity index (χ1) is 13.7. The van der Waals surface area contributed by atoms with Crippen LogP contribution in [0.2, 0.25) is 5.02 Å². The van der Waals surface area contributed by atoms with Crippen molar-refractivity contribution in [3.05, 3.63) is 53.1 Å². The number of halogens is 1. The fourth-order valence-corrected chi connectivity index (χ4v) is 5.73. The fraction of sp³-hybridized carbons (Fsp3) is 0.368. The Bertz CT molecular complexity index is 1030. The molecule has 160 valence electrons. The first-order valence-corrected chi connectivity index (χ1v) is 12.4. The zero-order valence-corrected chi connectivity index (χ0v) is 18.9. The van der Waals surface area contributed by atoms with Gasteiger partial charge in [-0.2, -0.15) is 4.31 Å². The van der Waals surface area contributed by atoms with Gasteiger partial charge in [-0.3, -0.25) is 0 Å². The Morgan fingerprint density at radius 1 is 1.00 bits per heavy atom. The molecule has 0 aliphatic heterocycles. The van der Waals surface area contributed by atoms with E-state index in [2.05, 4.69) is 4.72 Å². The zero-order valence-electron chi connectivity index (χ0n) is 16.6. The van der Waals surface area contributed by atoms with E-state index in [1.807, 2.05) is 0 Å². The molecule has 0 saturated carbocycles. The monoisotopic (exact) mass is 460 g/mol. The van der Waals surface area contributed by atoms with Crippen LogP contribution in [0.15, 0.2) is 52.3 Å². The molecule has 0 aliphatic rings. The van der Waals surface area contributed by atoms with Crippen molar-refractivity contribution < 1.29 is 21.6 Å². The van der Waals surface area contributed by atoms with Gasteiger partial charge in [0.2, 0.25) is 20.0 Å². The van der Waals surface area contributed by atoms with Gasteiger partial charge in [0, 0.05) is 24.7 Å². The average Bonchev–Trinajstić information content (AvgIpc) is 2.69. The van der Waals surface area contributed by atoms with Gasteiger partial charge in [-0.1, -0.05) is 37.6 Å². The highest BCUT2D eigenvalue weighted by Crippen LogP contribution is 2.26. The Kier molecular flexibility index (Phi) is 8.07. The molecule has 1 N–H and O–H groups in total. The average molecular weight is 461 g/mol. The van der Waals surface area contributed by atoms with Crippen LogP contribution in [0.25, 0.3) is 0 Å². The second-order valence-corrected chi connectivity index (χ2v) is 10.3. The molecule has 7 nitrogen and oxygen atoms in total. The van der Waals surface area contributed by atoms with Gasteiger partial charge in [-0.25, -0.2) is 21.6 Å². The van der Waals surface area contributed by atoms with Crippen molar-refractivity contribution in [3.8, 4) is 5.75 Å². The van der Waals surface area contributed by atoms with E-state index >= 15 is 0 Å². The van der Waals surface area contributed by atoms with Gasteiger partial charge in [0.25, 0.3) is 0 Å². The number of benzene rings is 2. The Balaban J connectivity index is 2.07. The molecule has 0 aliphatic carbocycles. The topological polar surface area (TPSA) is 92.8 Å². The molecule has 0 unspecified atom stereocenters. The van der Waals surface area contributed by atoms with Crippen molar-refractivity contribution in [3.63, 3.8) is 0 Å². The Hall–Kier alpha value is -1.65. The number of hydrogen-bond acceptors (Lipinski definition) is 5. The molecule has 0 saturated heterocycles. The zero-order chi connectivity index (χ0) is 21.7. The van der Waals surface area contributed by atoms with Gasteiger partial charge >= 0.3 is 0 Å². The molecular formula is C19H25ClN2O5S2. The third-order valence-corrected chi connectivity index (χ3v) is 8.17. The molecule has 0 aromatic heterocycles. The molecule has 0 atom stereocenters. The van der Waals surface area contributed by atoms with E-state index in [-0.39, 0.29) is 27.1 Å². The molecule has 0 heterocycles. The standard InChI is InChI=1S/C19H25ClN2O5S2/c1-4-22(5-2)29(25,26)17-9-6-15(7-10-17)12-13-21-28(23,24)19-14-16(20)8-11-18(19)27-3/h6-11,14,21H,4-5,12-13H2,1-3H3. The van der Waals surface area contributed by atoms with E-state index in [1.54, 1.807) is 32.0 Å². The van der Waals surface area contributed by atoms with Gasteiger partial charge in [0.05, 0.1) is 12.0 Å². The van der Waals surface area contributed by atoms with Crippen molar-refractivity contribution in [1.29, 1.82) is 0 Å². The molecule has 0 radical (unpaired) electrons. The van der Waals surface area contributed by atoms with Crippen LogP contribution >= 0.6 is 11.6 Å². The van der Waals surface area contributed by atoms with Crippen molar-refractivity contribution >= 4 is 31.6 Å². The fourth-order valence-electron chi connectivity index (χ4n) is 2.81. The summed E-state index contributed by atoms with van der Waals surface area (Å²) in [7, 11) is -5.94. The van der Waals surface area contributed by atoms with E-state index in [1.165, 1.54) is 35.7 Å². The van der Waals surface area contributed by atoms with Crippen molar-refractivity contribution in [2.24, 2.45) is 0 Å². The number of sulfonamides is 2. The van der Waals surface area contributed by atoms with Crippen LogP contribution in [0.4, 0.5) is 0 Å². The number of methoxy groups -OCH3 is 1. The lowest BCUT2D eigenvalue weighted by Crippen LogP contribution is -2.30. The second kappa shape index (κ2) is 9.90. The first kappa shape index (κ1) is 23.6. The van der Waals surface area contributed by atoms with Gasteiger partial charge in [0.15, 0.2) is 0 Å². The summed E-state index contributed by atoms with van der Waals surface area (Å²) >= 11 is 5.90. The third-order valence-electron chi connectivity index (χ3n) is 4.39. The summed E-state index contributed by atoms with van der Waals surface area (Å²) < 4.78 is 59.1. The van der Waals surface area contributed by atoms with E-state index < -0.39 is 20.0 Å². The lowest BCUT2D eigenvalue weighted by atomic mass is 10.2. The summed E-state index contributed by atoms with van der Waals surface area (Å²) in [6.07, 6.45) is 0.397. The second-order valence-electron chi connectivity index (χ2n) is 6.18. The van der Waals surface area contributed by atoms with Crippen LogP contribution in [-0.2, 0) is 26.5 Å². The number of ether oxygens (including phenoxy) is 1. The number of rotatable bonds is 10. The third kappa shape index (κ3) is 5.70. The highest BCUT2D eigenvalue weighted by atomic mass is 35.5. The first-order valence-electron chi connectivity index (χ1n) is 9.08. The van der Waals surface area contributed by atoms with Gasteiger partial charge < -0.3 is 4.74 Å². The summed E-state index contributed by atoms with van der Waals surface area (Å²) in [5.41, 5.74) is 0.809. The van der Waals surface area contributed by atoms with Crippen molar-refractivity contribution in [2.45, 2.75) is 30.1 Å². The molecule has 2 aromatic rings. The lowest BCUT2D eigenvalue weighted by molar-refractivity contribution is 0.402. The minimum absolute atomic E-state index is 0.0341. The van der Waals surface area contributed by atoms with Gasteiger partial charge in [-0.15, -0.1) is 0 Å². The predicted octanol–water partition coefficient (Wildman–Crippen LogP) is 2.90. The van der Waals surface area contributed by atoms with E-state index in [4.69, 9.17) is 16.3 Å². The Morgan fingerprint density at radius 2 is 1.62 bits per heavy atom. The summed E-state index contributed by atoms with van der Waals surface area (Å²) in [5, 5.41) is 0.288. The highest BCUT2D eigenvalue weighted by molar-refractivity contribution is 7.89. The normalized spacial score (nSPS) is 12.3. The predicted molar refractivity (Wildman–Crippen MR) is 113 cm³/mol. The number of hydrogen-bond donors (Lipinski definition) is 1. The molecule has 10 heteroatoms. The maximum Gasteiger partial charge on any atom is 0.244 e. The molecular weight excluding hydrogens is 436 g/mol. The minimum Gasteiger partial charge on any atom is -0.495 e. The van der Waals surface area contributed by atoms with Crippen LogP contribution < -0.4 is 9.46 Å². The molecule has 0 amide bonds. The molecule has 2 aromatic carbocycles. The minimum atomic E-state index is -3.81.